The van der Waals surface area contributed by atoms with Gasteiger partial charge in [0.25, 0.3) is 0 Å². The molecule has 3 heteroatoms. The minimum Gasteiger partial charge on any atom is -0.313 e. The SMILES string of the molecule is CCCNC(CSc1ccccc1Cl)C1CCCC(C)C1. The predicted octanol–water partition coefficient (Wildman–Crippen LogP) is 5.63. The summed E-state index contributed by atoms with van der Waals surface area (Å²) in [6, 6.07) is 8.82. The molecule has 118 valence electrons. The molecule has 1 aromatic carbocycles. The third-order valence-electron chi connectivity index (χ3n) is 4.46. The predicted molar refractivity (Wildman–Crippen MR) is 95.4 cm³/mol. The number of halogens is 1. The Morgan fingerprint density at radius 3 is 2.86 bits per heavy atom. The van der Waals surface area contributed by atoms with Gasteiger partial charge in [-0.3, -0.25) is 0 Å². The van der Waals surface area contributed by atoms with Gasteiger partial charge in [0.15, 0.2) is 0 Å². The van der Waals surface area contributed by atoms with Crippen LogP contribution in [0.15, 0.2) is 29.2 Å². The van der Waals surface area contributed by atoms with Crippen molar-refractivity contribution in [2.75, 3.05) is 12.3 Å². The van der Waals surface area contributed by atoms with Gasteiger partial charge in [-0.15, -0.1) is 11.8 Å². The Morgan fingerprint density at radius 1 is 1.33 bits per heavy atom. The van der Waals surface area contributed by atoms with E-state index in [1.807, 2.05) is 23.9 Å². The van der Waals surface area contributed by atoms with Gasteiger partial charge in [0, 0.05) is 16.7 Å². The number of rotatable bonds is 7. The van der Waals surface area contributed by atoms with Crippen molar-refractivity contribution >= 4 is 23.4 Å². The second kappa shape index (κ2) is 9.07. The van der Waals surface area contributed by atoms with E-state index in [1.54, 1.807) is 0 Å². The maximum Gasteiger partial charge on any atom is 0.0541 e. The first kappa shape index (κ1) is 17.2. The Hall–Kier alpha value is -0.180. The summed E-state index contributed by atoms with van der Waals surface area (Å²) in [6.07, 6.45) is 6.77. The van der Waals surface area contributed by atoms with Crippen molar-refractivity contribution in [2.24, 2.45) is 11.8 Å². The first-order valence-corrected chi connectivity index (χ1v) is 9.67. The van der Waals surface area contributed by atoms with E-state index in [-0.39, 0.29) is 0 Å². The lowest BCUT2D eigenvalue weighted by Gasteiger charge is -2.34. The minimum atomic E-state index is 0.619. The lowest BCUT2D eigenvalue weighted by atomic mass is 9.79. The highest BCUT2D eigenvalue weighted by Gasteiger charge is 2.26. The quantitative estimate of drug-likeness (QED) is 0.652. The molecule has 1 N–H and O–H groups in total. The summed E-state index contributed by atoms with van der Waals surface area (Å²) in [5.41, 5.74) is 0. The number of thioether (sulfide) groups is 1. The molecule has 21 heavy (non-hydrogen) atoms. The van der Waals surface area contributed by atoms with Crippen LogP contribution in [0.4, 0.5) is 0 Å². The Morgan fingerprint density at radius 2 is 2.14 bits per heavy atom. The summed E-state index contributed by atoms with van der Waals surface area (Å²) in [4.78, 5) is 1.21. The molecule has 3 atom stereocenters. The van der Waals surface area contributed by atoms with Crippen molar-refractivity contribution in [3.05, 3.63) is 29.3 Å². The van der Waals surface area contributed by atoms with Crippen molar-refractivity contribution in [1.29, 1.82) is 0 Å². The second-order valence-electron chi connectivity index (χ2n) is 6.33. The monoisotopic (exact) mass is 325 g/mol. The van der Waals surface area contributed by atoms with Crippen LogP contribution in [-0.2, 0) is 0 Å². The zero-order chi connectivity index (χ0) is 15.1. The summed E-state index contributed by atoms with van der Waals surface area (Å²) < 4.78 is 0. The average Bonchev–Trinajstić information content (AvgIpc) is 2.49. The summed E-state index contributed by atoms with van der Waals surface area (Å²) in [7, 11) is 0. The molecule has 1 nitrogen and oxygen atoms in total. The first-order valence-electron chi connectivity index (χ1n) is 8.31. The minimum absolute atomic E-state index is 0.619. The molecule has 0 heterocycles. The zero-order valence-electron chi connectivity index (χ0n) is 13.3. The molecule has 1 fully saturated rings. The third kappa shape index (κ3) is 5.50. The van der Waals surface area contributed by atoms with Gasteiger partial charge in [-0.2, -0.15) is 0 Å². The lowest BCUT2D eigenvalue weighted by Crippen LogP contribution is -2.40. The molecule has 1 aromatic rings. The van der Waals surface area contributed by atoms with Crippen molar-refractivity contribution in [3.63, 3.8) is 0 Å². The molecular formula is C18H28ClNS. The number of benzene rings is 1. The van der Waals surface area contributed by atoms with Crippen LogP contribution in [0.1, 0.15) is 46.0 Å². The number of hydrogen-bond acceptors (Lipinski definition) is 2. The molecule has 0 aromatic heterocycles. The molecule has 1 saturated carbocycles. The summed E-state index contributed by atoms with van der Waals surface area (Å²) in [5, 5.41) is 4.67. The smallest absolute Gasteiger partial charge is 0.0541 e. The molecule has 0 bridgehead atoms. The maximum atomic E-state index is 6.28. The fourth-order valence-electron chi connectivity index (χ4n) is 3.28. The van der Waals surface area contributed by atoms with Crippen LogP contribution in [0.25, 0.3) is 0 Å². The fourth-order valence-corrected chi connectivity index (χ4v) is 4.71. The van der Waals surface area contributed by atoms with E-state index in [4.69, 9.17) is 11.6 Å². The van der Waals surface area contributed by atoms with Gasteiger partial charge in [-0.25, -0.2) is 0 Å². The van der Waals surface area contributed by atoms with Crippen LogP contribution in [0.3, 0.4) is 0 Å². The fraction of sp³-hybridized carbons (Fsp3) is 0.667. The highest BCUT2D eigenvalue weighted by atomic mass is 35.5. The average molecular weight is 326 g/mol. The molecule has 0 radical (unpaired) electrons. The van der Waals surface area contributed by atoms with Gasteiger partial charge < -0.3 is 5.32 Å². The maximum absolute atomic E-state index is 6.28. The van der Waals surface area contributed by atoms with E-state index in [1.165, 1.54) is 37.0 Å². The van der Waals surface area contributed by atoms with Gasteiger partial charge in [0.05, 0.1) is 5.02 Å². The molecule has 1 aliphatic rings. The normalized spacial score (nSPS) is 24.0. The van der Waals surface area contributed by atoms with Crippen molar-refractivity contribution in [1.82, 2.24) is 5.32 Å². The molecule has 0 amide bonds. The molecule has 1 aliphatic carbocycles. The second-order valence-corrected chi connectivity index (χ2v) is 7.80. The Kier molecular flexibility index (Phi) is 7.42. The summed E-state index contributed by atoms with van der Waals surface area (Å²) >= 11 is 8.19. The molecule has 2 rings (SSSR count). The highest BCUT2D eigenvalue weighted by molar-refractivity contribution is 7.99. The van der Waals surface area contributed by atoms with Crippen LogP contribution in [-0.4, -0.2) is 18.3 Å². The standard InChI is InChI=1S/C18H28ClNS/c1-3-11-20-17(15-8-6-7-14(2)12-15)13-21-18-10-5-4-9-16(18)19/h4-5,9-10,14-15,17,20H,3,6-8,11-13H2,1-2H3. The van der Waals surface area contributed by atoms with Crippen LogP contribution >= 0.6 is 23.4 Å². The largest absolute Gasteiger partial charge is 0.313 e. The van der Waals surface area contributed by atoms with Gasteiger partial charge >= 0.3 is 0 Å². The zero-order valence-corrected chi connectivity index (χ0v) is 14.8. The van der Waals surface area contributed by atoms with E-state index in [0.717, 1.165) is 29.2 Å². The van der Waals surface area contributed by atoms with Crippen LogP contribution in [0.2, 0.25) is 5.02 Å². The van der Waals surface area contributed by atoms with Crippen molar-refractivity contribution in [2.45, 2.75) is 56.9 Å². The number of hydrogen-bond donors (Lipinski definition) is 1. The molecule has 0 aliphatic heterocycles. The van der Waals surface area contributed by atoms with Gasteiger partial charge in [-0.1, -0.05) is 50.4 Å². The van der Waals surface area contributed by atoms with Gasteiger partial charge in [0.1, 0.15) is 0 Å². The Bertz CT molecular complexity index is 423. The van der Waals surface area contributed by atoms with Crippen LogP contribution < -0.4 is 5.32 Å². The number of nitrogens with one attached hydrogen (secondary N) is 1. The molecule has 0 spiro atoms. The van der Waals surface area contributed by atoms with E-state index >= 15 is 0 Å². The lowest BCUT2D eigenvalue weighted by molar-refractivity contribution is 0.234. The first-order chi connectivity index (χ1) is 10.2. The highest BCUT2D eigenvalue weighted by Crippen LogP contribution is 2.34. The molecule has 0 saturated heterocycles. The van der Waals surface area contributed by atoms with Gasteiger partial charge in [0.2, 0.25) is 0 Å². The summed E-state index contributed by atoms with van der Waals surface area (Å²) in [6.45, 7) is 5.78. The van der Waals surface area contributed by atoms with E-state index in [9.17, 15) is 0 Å². The van der Waals surface area contributed by atoms with Crippen LogP contribution in [0.5, 0.6) is 0 Å². The Labute approximate surface area is 139 Å². The van der Waals surface area contributed by atoms with Crippen molar-refractivity contribution < 1.29 is 0 Å². The Balaban J connectivity index is 1.94. The van der Waals surface area contributed by atoms with E-state index < -0.39 is 0 Å². The summed E-state index contributed by atoms with van der Waals surface area (Å²) in [5.74, 6) is 2.84. The van der Waals surface area contributed by atoms with E-state index in [2.05, 4.69) is 31.3 Å². The van der Waals surface area contributed by atoms with Crippen molar-refractivity contribution in [3.8, 4) is 0 Å². The molecular weight excluding hydrogens is 298 g/mol. The van der Waals surface area contributed by atoms with E-state index in [0.29, 0.717) is 6.04 Å². The third-order valence-corrected chi connectivity index (χ3v) is 6.09. The van der Waals surface area contributed by atoms with Crippen LogP contribution in [0, 0.1) is 11.8 Å². The topological polar surface area (TPSA) is 12.0 Å². The van der Waals surface area contributed by atoms with Gasteiger partial charge in [-0.05, 0) is 49.8 Å². The molecule has 3 unspecified atom stereocenters.